The van der Waals surface area contributed by atoms with Crippen molar-refractivity contribution in [2.75, 3.05) is 19.6 Å². The summed E-state index contributed by atoms with van der Waals surface area (Å²) in [4.78, 5) is 27.0. The predicted octanol–water partition coefficient (Wildman–Crippen LogP) is 1.79. The molecular weight excluding hydrogens is 356 g/mol. The number of nitrogens with one attached hydrogen (secondary N) is 1. The average molecular weight is 386 g/mol. The lowest BCUT2D eigenvalue weighted by Gasteiger charge is -2.44. The zero-order valence-corrected chi connectivity index (χ0v) is 16.7. The molecule has 1 aromatic heterocycles. The van der Waals surface area contributed by atoms with Crippen LogP contribution in [0.25, 0.3) is 0 Å². The van der Waals surface area contributed by atoms with E-state index in [2.05, 4.69) is 10.4 Å². The summed E-state index contributed by atoms with van der Waals surface area (Å²) in [5, 5.41) is 7.53. The van der Waals surface area contributed by atoms with Crippen LogP contribution in [0.1, 0.15) is 66.7 Å². The Bertz CT molecular complexity index is 786. The van der Waals surface area contributed by atoms with Gasteiger partial charge in [0.1, 0.15) is 0 Å². The van der Waals surface area contributed by atoms with Crippen molar-refractivity contribution in [3.05, 3.63) is 17.0 Å². The highest BCUT2D eigenvalue weighted by Crippen LogP contribution is 2.38. The summed E-state index contributed by atoms with van der Waals surface area (Å²) >= 11 is 0. The number of hydrogen-bond donors (Lipinski definition) is 1. The number of piperidine rings is 1. The minimum absolute atomic E-state index is 0.0798. The molecule has 0 bridgehead atoms. The SMILES string of the molecule is Cn1nc(C(=O)NCC2CC2)c2c1CC1(CCN(C(=O)CC3CC3)CC1)OC2. The zero-order chi connectivity index (χ0) is 19.3. The molecule has 7 nitrogen and oxygen atoms in total. The van der Waals surface area contributed by atoms with Crippen LogP contribution in [-0.4, -0.2) is 51.7 Å². The van der Waals surface area contributed by atoms with Gasteiger partial charge in [-0.05, 0) is 50.4 Å². The molecule has 1 aromatic rings. The topological polar surface area (TPSA) is 76.5 Å². The number of likely N-dealkylation sites (tertiary alicyclic amines) is 1. The highest BCUT2D eigenvalue weighted by Gasteiger charge is 2.43. The minimum atomic E-state index is -0.223. The Hall–Kier alpha value is -1.89. The van der Waals surface area contributed by atoms with Crippen molar-refractivity contribution in [1.82, 2.24) is 20.0 Å². The molecule has 152 valence electrons. The summed E-state index contributed by atoms with van der Waals surface area (Å²) in [6.07, 6.45) is 8.07. The van der Waals surface area contributed by atoms with Crippen LogP contribution in [0.4, 0.5) is 0 Å². The molecule has 7 heteroatoms. The molecule has 1 saturated heterocycles. The Balaban J connectivity index is 1.24. The van der Waals surface area contributed by atoms with Crippen LogP contribution in [0.3, 0.4) is 0 Å². The molecule has 3 heterocycles. The van der Waals surface area contributed by atoms with Gasteiger partial charge in [0.05, 0.1) is 12.2 Å². The summed E-state index contributed by atoms with van der Waals surface area (Å²) in [5.74, 6) is 1.51. The lowest BCUT2D eigenvalue weighted by Crippen LogP contribution is -2.50. The number of fused-ring (bicyclic) bond motifs is 1. The maximum absolute atomic E-state index is 12.6. The highest BCUT2D eigenvalue weighted by molar-refractivity contribution is 5.94. The van der Waals surface area contributed by atoms with Crippen molar-refractivity contribution in [1.29, 1.82) is 0 Å². The first kappa shape index (κ1) is 18.2. The average Bonchev–Trinajstić information content (AvgIpc) is 3.61. The number of amides is 2. The van der Waals surface area contributed by atoms with Gasteiger partial charge in [-0.25, -0.2) is 0 Å². The van der Waals surface area contributed by atoms with Crippen LogP contribution < -0.4 is 5.32 Å². The number of aromatic nitrogens is 2. The van der Waals surface area contributed by atoms with Gasteiger partial charge in [0, 0.05) is 50.8 Å². The van der Waals surface area contributed by atoms with Gasteiger partial charge in [0.15, 0.2) is 5.69 Å². The standard InChI is InChI=1S/C21H30N4O3/c1-24-17-11-21(6-8-25(9-7-21)18(26)10-14-2-3-14)28-13-16(17)19(23-24)20(27)22-12-15-4-5-15/h14-15H,2-13H2,1H3,(H,22,27). The molecule has 0 aromatic carbocycles. The molecule has 0 radical (unpaired) electrons. The van der Waals surface area contributed by atoms with Crippen molar-refractivity contribution in [2.45, 2.75) is 63.6 Å². The van der Waals surface area contributed by atoms with Gasteiger partial charge in [0.2, 0.25) is 5.91 Å². The van der Waals surface area contributed by atoms with Crippen molar-refractivity contribution in [3.8, 4) is 0 Å². The Morgan fingerprint density at radius 2 is 1.89 bits per heavy atom. The highest BCUT2D eigenvalue weighted by atomic mass is 16.5. The van der Waals surface area contributed by atoms with E-state index in [0.717, 1.165) is 56.6 Å². The number of carbonyl (C=O) groups is 2. The fourth-order valence-corrected chi connectivity index (χ4v) is 4.56. The first-order chi connectivity index (χ1) is 13.5. The van der Waals surface area contributed by atoms with Crippen molar-refractivity contribution in [3.63, 3.8) is 0 Å². The van der Waals surface area contributed by atoms with Gasteiger partial charge in [-0.15, -0.1) is 0 Å². The molecule has 0 atom stereocenters. The van der Waals surface area contributed by atoms with E-state index in [-0.39, 0.29) is 11.5 Å². The van der Waals surface area contributed by atoms with Crippen LogP contribution in [0.15, 0.2) is 0 Å². The van der Waals surface area contributed by atoms with Crippen molar-refractivity contribution in [2.24, 2.45) is 18.9 Å². The van der Waals surface area contributed by atoms with E-state index in [0.29, 0.717) is 30.0 Å². The second-order valence-electron chi connectivity index (χ2n) is 9.23. The second-order valence-corrected chi connectivity index (χ2v) is 9.23. The Labute approximate surface area is 165 Å². The molecule has 2 amide bonds. The summed E-state index contributed by atoms with van der Waals surface area (Å²) in [6.45, 7) is 2.73. The van der Waals surface area contributed by atoms with Gasteiger partial charge in [0.25, 0.3) is 5.91 Å². The summed E-state index contributed by atoms with van der Waals surface area (Å²) in [6, 6.07) is 0. The fourth-order valence-electron chi connectivity index (χ4n) is 4.56. The quantitative estimate of drug-likeness (QED) is 0.837. The third-order valence-corrected chi connectivity index (χ3v) is 6.94. The molecule has 2 aliphatic heterocycles. The van der Waals surface area contributed by atoms with Crippen molar-refractivity contribution < 1.29 is 14.3 Å². The first-order valence-electron chi connectivity index (χ1n) is 10.8. The van der Waals surface area contributed by atoms with Gasteiger partial charge < -0.3 is 15.0 Å². The molecule has 1 spiro atoms. The van der Waals surface area contributed by atoms with E-state index in [4.69, 9.17) is 4.74 Å². The van der Waals surface area contributed by atoms with E-state index in [9.17, 15) is 9.59 Å². The van der Waals surface area contributed by atoms with Crippen LogP contribution >= 0.6 is 0 Å². The number of nitrogens with zero attached hydrogens (tertiary/aromatic N) is 3. The maximum atomic E-state index is 12.6. The minimum Gasteiger partial charge on any atom is -0.370 e. The number of carbonyl (C=O) groups excluding carboxylic acids is 2. The number of rotatable bonds is 5. The molecule has 28 heavy (non-hydrogen) atoms. The fraction of sp³-hybridized carbons (Fsp3) is 0.762. The van der Waals surface area contributed by atoms with Crippen LogP contribution in [0, 0.1) is 11.8 Å². The maximum Gasteiger partial charge on any atom is 0.272 e. The largest absolute Gasteiger partial charge is 0.370 e. The second kappa shape index (κ2) is 6.87. The summed E-state index contributed by atoms with van der Waals surface area (Å²) in [7, 11) is 1.92. The van der Waals surface area contributed by atoms with Gasteiger partial charge in [-0.3, -0.25) is 14.3 Å². The smallest absolute Gasteiger partial charge is 0.272 e. The lowest BCUT2D eigenvalue weighted by atomic mass is 9.83. The third-order valence-electron chi connectivity index (χ3n) is 6.94. The molecule has 2 aliphatic carbocycles. The van der Waals surface area contributed by atoms with Crippen LogP contribution in [-0.2, 0) is 29.6 Å². The number of ether oxygens (including phenoxy) is 1. The van der Waals surface area contributed by atoms with Crippen molar-refractivity contribution >= 4 is 11.8 Å². The Morgan fingerprint density at radius 1 is 1.18 bits per heavy atom. The van der Waals surface area contributed by atoms with E-state index < -0.39 is 0 Å². The number of hydrogen-bond acceptors (Lipinski definition) is 4. The zero-order valence-electron chi connectivity index (χ0n) is 16.7. The van der Waals surface area contributed by atoms with E-state index in [1.165, 1.54) is 25.7 Å². The molecule has 4 aliphatic rings. The predicted molar refractivity (Wildman–Crippen MR) is 103 cm³/mol. The van der Waals surface area contributed by atoms with E-state index >= 15 is 0 Å². The molecule has 2 saturated carbocycles. The van der Waals surface area contributed by atoms with Crippen LogP contribution in [0.5, 0.6) is 0 Å². The van der Waals surface area contributed by atoms with Gasteiger partial charge >= 0.3 is 0 Å². The Morgan fingerprint density at radius 3 is 2.57 bits per heavy atom. The summed E-state index contributed by atoms with van der Waals surface area (Å²) in [5.41, 5.74) is 2.35. The molecule has 0 unspecified atom stereocenters. The molecular formula is C21H30N4O3. The molecule has 3 fully saturated rings. The van der Waals surface area contributed by atoms with Crippen LogP contribution in [0.2, 0.25) is 0 Å². The molecule has 1 N–H and O–H groups in total. The summed E-state index contributed by atoms with van der Waals surface area (Å²) < 4.78 is 8.18. The third kappa shape index (κ3) is 3.56. The van der Waals surface area contributed by atoms with E-state index in [1.807, 2.05) is 16.6 Å². The lowest BCUT2D eigenvalue weighted by molar-refractivity contribution is -0.141. The normalized spacial score (nSPS) is 23.5. The van der Waals surface area contributed by atoms with Gasteiger partial charge in [-0.2, -0.15) is 5.10 Å². The van der Waals surface area contributed by atoms with Gasteiger partial charge in [-0.1, -0.05) is 0 Å². The van der Waals surface area contributed by atoms with E-state index in [1.54, 1.807) is 0 Å². The number of aryl methyl sites for hydroxylation is 1. The Kier molecular flexibility index (Phi) is 4.45. The molecule has 5 rings (SSSR count). The monoisotopic (exact) mass is 386 g/mol. The first-order valence-corrected chi connectivity index (χ1v) is 10.8.